The molecule has 19 heavy (non-hydrogen) atoms. The number of benzene rings is 1. The summed E-state index contributed by atoms with van der Waals surface area (Å²) >= 11 is 0. The summed E-state index contributed by atoms with van der Waals surface area (Å²) in [6.45, 7) is 4.10. The molecule has 0 bridgehead atoms. The summed E-state index contributed by atoms with van der Waals surface area (Å²) in [4.78, 5) is 0. The number of halogens is 1. The zero-order valence-corrected chi connectivity index (χ0v) is 10.8. The second kappa shape index (κ2) is 5.21. The van der Waals surface area contributed by atoms with Crippen molar-refractivity contribution < 1.29 is 9.50 Å². The molecule has 1 aromatic heterocycles. The molecule has 0 aliphatic heterocycles. The van der Waals surface area contributed by atoms with Gasteiger partial charge in [0, 0.05) is 11.3 Å². The molecule has 2 rings (SSSR count). The molecule has 0 radical (unpaired) electrons. The smallest absolute Gasteiger partial charge is 0.140 e. The highest BCUT2D eigenvalue weighted by Gasteiger charge is 2.11. The predicted octanol–water partition coefficient (Wildman–Crippen LogP) is 2.05. The highest BCUT2D eigenvalue weighted by atomic mass is 19.1. The van der Waals surface area contributed by atoms with Gasteiger partial charge in [0.2, 0.25) is 0 Å². The summed E-state index contributed by atoms with van der Waals surface area (Å²) in [6, 6.07) is 6.25. The third-order valence-electron chi connectivity index (χ3n) is 3.17. The molecule has 2 aromatic rings. The molecular weight excluding hydrogens is 245 g/mol. The molecule has 98 valence electrons. The first-order valence-electron chi connectivity index (χ1n) is 5.89. The van der Waals surface area contributed by atoms with E-state index in [9.17, 15) is 9.50 Å². The Hall–Kier alpha value is -2.19. The summed E-state index contributed by atoms with van der Waals surface area (Å²) in [5, 5.41) is 22.4. The van der Waals surface area contributed by atoms with Crippen LogP contribution in [0.4, 0.5) is 4.39 Å². The van der Waals surface area contributed by atoms with Crippen LogP contribution >= 0.6 is 0 Å². The first kappa shape index (κ1) is 13.2. The van der Waals surface area contributed by atoms with Gasteiger partial charge in [0.1, 0.15) is 11.9 Å². The average molecular weight is 259 g/mol. The van der Waals surface area contributed by atoms with E-state index >= 15 is 0 Å². The minimum absolute atomic E-state index is 0.0291. The van der Waals surface area contributed by atoms with Crippen LogP contribution < -0.4 is 0 Å². The molecule has 1 N–H and O–H groups in total. The number of aliphatic hydroxyl groups is 1. The molecule has 0 spiro atoms. The number of nitrogens with zero attached hydrogens (tertiary/aromatic N) is 3. The van der Waals surface area contributed by atoms with Crippen molar-refractivity contribution in [2.45, 2.75) is 27.0 Å². The van der Waals surface area contributed by atoms with Gasteiger partial charge in [-0.3, -0.25) is 4.68 Å². The highest BCUT2D eigenvalue weighted by Crippen LogP contribution is 2.16. The number of hydrogen-bond acceptors (Lipinski definition) is 3. The van der Waals surface area contributed by atoms with Crippen molar-refractivity contribution in [3.63, 3.8) is 0 Å². The SMILES string of the molecule is Cc1nn(Cc2ccc(F)c(C#N)c2)c(C)c1CO. The average Bonchev–Trinajstić information content (AvgIpc) is 2.66. The zero-order valence-electron chi connectivity index (χ0n) is 10.8. The van der Waals surface area contributed by atoms with E-state index in [0.717, 1.165) is 22.5 Å². The fraction of sp³-hybridized carbons (Fsp3) is 0.286. The Morgan fingerprint density at radius 2 is 2.16 bits per heavy atom. The van der Waals surface area contributed by atoms with Crippen molar-refractivity contribution in [1.29, 1.82) is 5.26 Å². The zero-order chi connectivity index (χ0) is 14.0. The van der Waals surface area contributed by atoms with E-state index < -0.39 is 5.82 Å². The van der Waals surface area contributed by atoms with Crippen LogP contribution in [0.25, 0.3) is 0 Å². The molecule has 1 aromatic carbocycles. The van der Waals surface area contributed by atoms with Crippen LogP contribution in [0.2, 0.25) is 0 Å². The number of aryl methyl sites for hydroxylation is 1. The number of hydrogen-bond donors (Lipinski definition) is 1. The monoisotopic (exact) mass is 259 g/mol. The molecular formula is C14H14FN3O. The molecule has 0 fully saturated rings. The van der Waals surface area contributed by atoms with Gasteiger partial charge in [-0.05, 0) is 31.5 Å². The third-order valence-corrected chi connectivity index (χ3v) is 3.17. The van der Waals surface area contributed by atoms with Crippen molar-refractivity contribution in [2.24, 2.45) is 0 Å². The number of aliphatic hydroxyl groups excluding tert-OH is 1. The topological polar surface area (TPSA) is 61.8 Å². The molecule has 0 atom stereocenters. The minimum Gasteiger partial charge on any atom is -0.392 e. The van der Waals surface area contributed by atoms with Gasteiger partial charge in [-0.2, -0.15) is 10.4 Å². The molecule has 0 saturated heterocycles. The molecule has 0 saturated carbocycles. The Balaban J connectivity index is 2.34. The van der Waals surface area contributed by atoms with Crippen molar-refractivity contribution in [3.8, 4) is 6.07 Å². The van der Waals surface area contributed by atoms with E-state index in [1.165, 1.54) is 12.1 Å². The van der Waals surface area contributed by atoms with Gasteiger partial charge in [0.25, 0.3) is 0 Å². The Morgan fingerprint density at radius 3 is 2.74 bits per heavy atom. The van der Waals surface area contributed by atoms with Gasteiger partial charge >= 0.3 is 0 Å². The van der Waals surface area contributed by atoms with E-state index in [0.29, 0.717) is 6.54 Å². The normalized spacial score (nSPS) is 10.5. The Kier molecular flexibility index (Phi) is 3.63. The maximum Gasteiger partial charge on any atom is 0.140 e. The van der Waals surface area contributed by atoms with Gasteiger partial charge in [0.15, 0.2) is 0 Å². The second-order valence-corrected chi connectivity index (χ2v) is 4.39. The van der Waals surface area contributed by atoms with Gasteiger partial charge < -0.3 is 5.11 Å². The third kappa shape index (κ3) is 2.49. The first-order chi connectivity index (χ1) is 9.06. The Bertz CT molecular complexity index is 655. The summed E-state index contributed by atoms with van der Waals surface area (Å²) in [6.07, 6.45) is 0. The summed E-state index contributed by atoms with van der Waals surface area (Å²) < 4.78 is 15.0. The van der Waals surface area contributed by atoms with E-state index in [4.69, 9.17) is 5.26 Å². The molecule has 1 heterocycles. The number of nitriles is 1. The summed E-state index contributed by atoms with van der Waals surface area (Å²) in [5.74, 6) is -0.518. The van der Waals surface area contributed by atoms with Crippen molar-refractivity contribution >= 4 is 0 Å². The number of aromatic nitrogens is 2. The lowest BCUT2D eigenvalue weighted by atomic mass is 10.1. The minimum atomic E-state index is -0.518. The van der Waals surface area contributed by atoms with Gasteiger partial charge in [-0.25, -0.2) is 4.39 Å². The van der Waals surface area contributed by atoms with Gasteiger partial charge in [0.05, 0.1) is 24.4 Å². The Labute approximate surface area is 110 Å². The lowest BCUT2D eigenvalue weighted by molar-refractivity contribution is 0.280. The van der Waals surface area contributed by atoms with Crippen LogP contribution in [-0.2, 0) is 13.2 Å². The lowest BCUT2D eigenvalue weighted by Crippen LogP contribution is -2.05. The van der Waals surface area contributed by atoms with E-state index in [1.807, 2.05) is 19.9 Å². The maximum atomic E-state index is 13.2. The van der Waals surface area contributed by atoms with Crippen molar-refractivity contribution in [2.75, 3.05) is 0 Å². The molecule has 0 unspecified atom stereocenters. The summed E-state index contributed by atoms with van der Waals surface area (Å²) in [7, 11) is 0. The first-order valence-corrected chi connectivity index (χ1v) is 5.89. The predicted molar refractivity (Wildman–Crippen MR) is 67.8 cm³/mol. The van der Waals surface area contributed by atoms with Crippen molar-refractivity contribution in [3.05, 3.63) is 52.1 Å². The van der Waals surface area contributed by atoms with Crippen LogP contribution in [0.3, 0.4) is 0 Å². The van der Waals surface area contributed by atoms with Crippen LogP contribution in [0.15, 0.2) is 18.2 Å². The lowest BCUT2D eigenvalue weighted by Gasteiger charge is -2.06. The maximum absolute atomic E-state index is 13.2. The van der Waals surface area contributed by atoms with Crippen molar-refractivity contribution in [1.82, 2.24) is 9.78 Å². The van der Waals surface area contributed by atoms with Gasteiger partial charge in [-0.1, -0.05) is 6.07 Å². The van der Waals surface area contributed by atoms with Crippen LogP contribution in [0.1, 0.15) is 28.1 Å². The molecule has 0 aliphatic rings. The van der Waals surface area contributed by atoms with Crippen LogP contribution in [-0.4, -0.2) is 14.9 Å². The summed E-state index contributed by atoms with van der Waals surface area (Å²) in [5.41, 5.74) is 3.29. The quantitative estimate of drug-likeness (QED) is 0.917. The molecule has 5 heteroatoms. The molecule has 4 nitrogen and oxygen atoms in total. The van der Waals surface area contributed by atoms with E-state index in [-0.39, 0.29) is 12.2 Å². The highest BCUT2D eigenvalue weighted by molar-refractivity contribution is 5.35. The van der Waals surface area contributed by atoms with Crippen LogP contribution in [0.5, 0.6) is 0 Å². The van der Waals surface area contributed by atoms with E-state index in [2.05, 4.69) is 5.10 Å². The van der Waals surface area contributed by atoms with E-state index in [1.54, 1.807) is 10.7 Å². The van der Waals surface area contributed by atoms with Gasteiger partial charge in [-0.15, -0.1) is 0 Å². The Morgan fingerprint density at radius 1 is 1.42 bits per heavy atom. The second-order valence-electron chi connectivity index (χ2n) is 4.39. The molecule has 0 aliphatic carbocycles. The molecule has 0 amide bonds. The number of rotatable bonds is 3. The fourth-order valence-corrected chi connectivity index (χ4v) is 2.05. The van der Waals surface area contributed by atoms with Crippen LogP contribution in [0, 0.1) is 31.0 Å². The standard InChI is InChI=1S/C14H14FN3O/c1-9-13(8-19)10(2)18(17-9)7-11-3-4-14(15)12(5-11)6-16/h3-5,19H,7-8H2,1-2H3. The fourth-order valence-electron chi connectivity index (χ4n) is 2.05. The largest absolute Gasteiger partial charge is 0.392 e.